The van der Waals surface area contributed by atoms with Gasteiger partial charge in [0.15, 0.2) is 5.58 Å². The van der Waals surface area contributed by atoms with Crippen molar-refractivity contribution in [3.05, 3.63) is 247 Å². The SMILES string of the molecule is CC1=C(c2ccccc2)Oc2cc(N(c3ccc4ccccc4c3)c3ccc4c(ccc5cc(N(c6ccc7ccccc7c6)c6ccc7nc(-c8ccccc8)oc7c6)ccc54)c3)ccc2CC1. The van der Waals surface area contributed by atoms with Gasteiger partial charge in [0.05, 0.1) is 0 Å². The molecule has 1 aliphatic heterocycles. The highest BCUT2D eigenvalue weighted by molar-refractivity contribution is 6.10. The minimum atomic E-state index is 0.609. The standard InChI is InChI=1S/C64H45N3O2/c1-42-20-21-45-26-29-56(40-61(45)68-63(42)46-14-4-2-5-15-46)66(52-27-24-43-12-8-10-18-48(43)36-52)54-30-33-58-50(38-54)22-23-51-39-55(31-34-59(51)58)67(53-28-25-44-13-9-11-19-49(44)37-53)57-32-35-60-62(41-57)69-64(65-60)47-16-6-3-7-17-47/h2-19,22-41H,20-21H2,1H3. The maximum absolute atomic E-state index is 6.89. The number of aromatic nitrogens is 1. The van der Waals surface area contributed by atoms with Crippen molar-refractivity contribution in [2.24, 2.45) is 0 Å². The molecular formula is C64H45N3O2. The van der Waals surface area contributed by atoms with Gasteiger partial charge in [0.1, 0.15) is 17.0 Å². The highest BCUT2D eigenvalue weighted by atomic mass is 16.5. The van der Waals surface area contributed by atoms with Crippen molar-refractivity contribution in [1.82, 2.24) is 4.98 Å². The molecule has 1 aromatic heterocycles. The Hall–Kier alpha value is -8.93. The molecule has 328 valence electrons. The maximum atomic E-state index is 6.89. The van der Waals surface area contributed by atoms with Crippen molar-refractivity contribution in [2.45, 2.75) is 19.8 Å². The smallest absolute Gasteiger partial charge is 0.227 e. The molecule has 5 heteroatoms. The predicted octanol–water partition coefficient (Wildman–Crippen LogP) is 17.8. The summed E-state index contributed by atoms with van der Waals surface area (Å²) in [6, 6.07) is 82.2. The van der Waals surface area contributed by atoms with Crippen molar-refractivity contribution in [1.29, 1.82) is 0 Å². The lowest BCUT2D eigenvalue weighted by Crippen LogP contribution is -2.10. The molecule has 5 nitrogen and oxygen atoms in total. The number of benzene rings is 11. The van der Waals surface area contributed by atoms with Crippen LogP contribution >= 0.6 is 0 Å². The van der Waals surface area contributed by atoms with Crippen LogP contribution in [0.4, 0.5) is 34.1 Å². The molecule has 11 aromatic carbocycles. The second kappa shape index (κ2) is 16.7. The Morgan fingerprint density at radius 3 is 1.46 bits per heavy atom. The molecule has 0 saturated heterocycles. The van der Waals surface area contributed by atoms with E-state index < -0.39 is 0 Å². The normalized spacial score (nSPS) is 12.7. The molecule has 0 spiro atoms. The fraction of sp³-hybridized carbons (Fsp3) is 0.0469. The van der Waals surface area contributed by atoms with Gasteiger partial charge in [-0.1, -0.05) is 140 Å². The van der Waals surface area contributed by atoms with Gasteiger partial charge < -0.3 is 19.0 Å². The Morgan fingerprint density at radius 1 is 0.391 bits per heavy atom. The number of rotatable bonds is 8. The van der Waals surface area contributed by atoms with Crippen molar-refractivity contribution in [3.8, 4) is 17.2 Å². The predicted molar refractivity (Wildman–Crippen MR) is 287 cm³/mol. The molecule has 0 amide bonds. The summed E-state index contributed by atoms with van der Waals surface area (Å²) in [5.74, 6) is 2.45. The minimum absolute atomic E-state index is 0.609. The molecule has 0 fully saturated rings. The monoisotopic (exact) mass is 887 g/mol. The summed E-state index contributed by atoms with van der Waals surface area (Å²) < 4.78 is 13.3. The summed E-state index contributed by atoms with van der Waals surface area (Å²) in [6.07, 6.45) is 1.87. The van der Waals surface area contributed by atoms with Crippen LogP contribution in [0.1, 0.15) is 24.5 Å². The highest BCUT2D eigenvalue weighted by Crippen LogP contribution is 2.44. The van der Waals surface area contributed by atoms with Gasteiger partial charge in [-0.25, -0.2) is 4.98 Å². The first-order valence-corrected chi connectivity index (χ1v) is 23.6. The maximum Gasteiger partial charge on any atom is 0.227 e. The van der Waals surface area contributed by atoms with E-state index in [4.69, 9.17) is 14.1 Å². The summed E-state index contributed by atoms with van der Waals surface area (Å²) in [5, 5.41) is 9.45. The number of anilines is 6. The second-order valence-corrected chi connectivity index (χ2v) is 18.0. The molecule has 13 rings (SSSR count). The van der Waals surface area contributed by atoms with Crippen LogP contribution in [-0.2, 0) is 6.42 Å². The van der Waals surface area contributed by atoms with Gasteiger partial charge in [0.2, 0.25) is 5.89 Å². The molecule has 0 atom stereocenters. The molecule has 0 unspecified atom stereocenters. The Kier molecular flexibility index (Phi) is 9.79. The zero-order valence-electron chi connectivity index (χ0n) is 38.0. The molecule has 1 aliphatic rings. The fourth-order valence-corrected chi connectivity index (χ4v) is 10.1. The van der Waals surface area contributed by atoms with Crippen LogP contribution in [0, 0.1) is 0 Å². The zero-order chi connectivity index (χ0) is 45.8. The summed E-state index contributed by atoms with van der Waals surface area (Å²) >= 11 is 0. The first-order valence-electron chi connectivity index (χ1n) is 23.6. The number of nitrogens with zero attached hydrogens (tertiary/aromatic N) is 3. The van der Waals surface area contributed by atoms with Crippen LogP contribution in [-0.4, -0.2) is 4.98 Å². The van der Waals surface area contributed by atoms with E-state index in [1.165, 1.54) is 43.5 Å². The topological polar surface area (TPSA) is 41.7 Å². The molecule has 0 saturated carbocycles. The van der Waals surface area contributed by atoms with E-state index in [0.29, 0.717) is 5.89 Å². The van der Waals surface area contributed by atoms with Crippen LogP contribution < -0.4 is 14.5 Å². The lowest BCUT2D eigenvalue weighted by molar-refractivity contribution is 0.510. The fourth-order valence-electron chi connectivity index (χ4n) is 10.1. The molecular weight excluding hydrogens is 843 g/mol. The molecule has 69 heavy (non-hydrogen) atoms. The number of hydrogen-bond acceptors (Lipinski definition) is 5. The van der Waals surface area contributed by atoms with E-state index in [1.54, 1.807) is 0 Å². The van der Waals surface area contributed by atoms with Crippen molar-refractivity contribution in [2.75, 3.05) is 9.80 Å². The van der Waals surface area contributed by atoms with E-state index in [1.807, 2.05) is 30.3 Å². The van der Waals surface area contributed by atoms with Gasteiger partial charge in [-0.3, -0.25) is 0 Å². The number of ether oxygens (including phenoxy) is 1. The van der Waals surface area contributed by atoms with Gasteiger partial charge in [0.25, 0.3) is 0 Å². The molecule has 0 N–H and O–H groups in total. The van der Waals surface area contributed by atoms with Crippen LogP contribution in [0.15, 0.2) is 241 Å². The third-order valence-corrected chi connectivity index (χ3v) is 13.7. The van der Waals surface area contributed by atoms with Gasteiger partial charge >= 0.3 is 0 Å². The van der Waals surface area contributed by atoms with Crippen LogP contribution in [0.25, 0.3) is 71.4 Å². The van der Waals surface area contributed by atoms with Crippen molar-refractivity contribution < 1.29 is 9.15 Å². The van der Waals surface area contributed by atoms with E-state index in [0.717, 1.165) is 91.5 Å². The quantitative estimate of drug-likeness (QED) is 0.142. The second-order valence-electron chi connectivity index (χ2n) is 18.0. The summed E-state index contributed by atoms with van der Waals surface area (Å²) in [4.78, 5) is 9.52. The molecule has 12 aromatic rings. The van der Waals surface area contributed by atoms with Crippen LogP contribution in [0.5, 0.6) is 5.75 Å². The zero-order valence-corrected chi connectivity index (χ0v) is 38.0. The van der Waals surface area contributed by atoms with Crippen molar-refractivity contribution >= 4 is 94.1 Å². The van der Waals surface area contributed by atoms with Gasteiger partial charge in [-0.15, -0.1) is 0 Å². The molecule has 0 aliphatic carbocycles. The van der Waals surface area contributed by atoms with E-state index in [2.05, 4.69) is 217 Å². The highest BCUT2D eigenvalue weighted by Gasteiger charge is 2.22. The van der Waals surface area contributed by atoms with E-state index in [-0.39, 0.29) is 0 Å². The van der Waals surface area contributed by atoms with Gasteiger partial charge in [-0.2, -0.15) is 0 Å². The average Bonchev–Trinajstić information content (AvgIpc) is 3.76. The van der Waals surface area contributed by atoms with Gasteiger partial charge in [-0.05, 0) is 153 Å². The summed E-state index contributed by atoms with van der Waals surface area (Å²) in [6.45, 7) is 2.19. The number of fused-ring (bicyclic) bond motifs is 7. The molecule has 0 bridgehead atoms. The molecule has 2 heterocycles. The lowest BCUT2D eigenvalue weighted by Gasteiger charge is -2.27. The lowest BCUT2D eigenvalue weighted by atomic mass is 9.99. The third kappa shape index (κ3) is 7.42. The third-order valence-electron chi connectivity index (χ3n) is 13.7. The number of hydrogen-bond donors (Lipinski definition) is 0. The number of oxazole rings is 1. The molecule has 0 radical (unpaired) electrons. The Bertz CT molecular complexity index is 3970. The average molecular weight is 888 g/mol. The van der Waals surface area contributed by atoms with Crippen LogP contribution in [0.2, 0.25) is 0 Å². The number of allylic oxidation sites excluding steroid dienone is 1. The van der Waals surface area contributed by atoms with E-state index in [9.17, 15) is 0 Å². The first kappa shape index (κ1) is 40.4. The Balaban J connectivity index is 0.910. The summed E-state index contributed by atoms with van der Waals surface area (Å²) in [7, 11) is 0. The van der Waals surface area contributed by atoms with E-state index >= 15 is 0 Å². The summed E-state index contributed by atoms with van der Waals surface area (Å²) in [5.41, 5.74) is 12.3. The largest absolute Gasteiger partial charge is 0.456 e. The van der Waals surface area contributed by atoms with Crippen LogP contribution in [0.3, 0.4) is 0 Å². The minimum Gasteiger partial charge on any atom is -0.456 e. The number of aryl methyl sites for hydroxylation is 1. The first-order chi connectivity index (χ1) is 34.1. The Morgan fingerprint density at radius 2 is 0.855 bits per heavy atom. The van der Waals surface area contributed by atoms with Crippen molar-refractivity contribution in [3.63, 3.8) is 0 Å². The Labute approximate surface area is 400 Å². The van der Waals surface area contributed by atoms with Gasteiger partial charge in [0, 0.05) is 57.4 Å².